The highest BCUT2D eigenvalue weighted by atomic mass is 35.5. The molecule has 5 rings (SSSR count). The van der Waals surface area contributed by atoms with Crippen LogP contribution in [0.3, 0.4) is 0 Å². The molecule has 2 aromatic heterocycles. The summed E-state index contributed by atoms with van der Waals surface area (Å²) >= 11 is 12.6. The van der Waals surface area contributed by atoms with Crippen molar-refractivity contribution < 1.29 is 17.9 Å². The van der Waals surface area contributed by atoms with E-state index in [1.807, 2.05) is 24.3 Å². The predicted molar refractivity (Wildman–Crippen MR) is 166 cm³/mol. The number of piperazine rings is 1. The predicted octanol–water partition coefficient (Wildman–Crippen LogP) is 2.59. The van der Waals surface area contributed by atoms with Crippen LogP contribution in [0.5, 0.6) is 11.6 Å². The first-order valence-electron chi connectivity index (χ1n) is 14.0. The number of carbonyl (C=O) groups excluding carboxylic acids is 1. The fraction of sp³-hybridized carbons (Fsp3) is 0.429. The lowest BCUT2D eigenvalue weighted by molar-refractivity contribution is -0.121. The summed E-state index contributed by atoms with van der Waals surface area (Å²) in [7, 11) is -0.695. The highest BCUT2D eigenvalue weighted by Crippen LogP contribution is 2.30. The van der Waals surface area contributed by atoms with Gasteiger partial charge >= 0.3 is 0 Å². The average Bonchev–Trinajstić information content (AvgIpc) is 2.97. The number of anilines is 1. The lowest BCUT2D eigenvalue weighted by Gasteiger charge is -2.32. The van der Waals surface area contributed by atoms with Gasteiger partial charge in [0, 0.05) is 73.5 Å². The second kappa shape index (κ2) is 14.6. The van der Waals surface area contributed by atoms with Gasteiger partial charge in [0.2, 0.25) is 28.6 Å². The van der Waals surface area contributed by atoms with Crippen LogP contribution in [0.4, 0.5) is 5.95 Å². The number of likely N-dealkylation sites (N-methyl/N-ethyl adjacent to an activating group) is 1. The van der Waals surface area contributed by atoms with Gasteiger partial charge in [-0.1, -0.05) is 23.2 Å². The number of rotatable bonds is 10. The van der Waals surface area contributed by atoms with E-state index in [1.54, 1.807) is 18.5 Å². The normalized spacial score (nSPS) is 16.9. The van der Waals surface area contributed by atoms with Gasteiger partial charge < -0.3 is 19.9 Å². The Labute approximate surface area is 262 Å². The van der Waals surface area contributed by atoms with Crippen LogP contribution in [0.15, 0.2) is 42.7 Å². The van der Waals surface area contributed by atoms with Gasteiger partial charge in [-0.15, -0.1) is 0 Å². The lowest BCUT2D eigenvalue weighted by atomic mass is 10.0. The van der Waals surface area contributed by atoms with Crippen molar-refractivity contribution in [3.63, 3.8) is 0 Å². The molecule has 43 heavy (non-hydrogen) atoms. The zero-order valence-electron chi connectivity index (χ0n) is 23.7. The molecule has 0 radical (unpaired) electrons. The Morgan fingerprint density at radius 2 is 1.65 bits per heavy atom. The molecule has 1 aromatic carbocycles. The number of amides is 1. The highest BCUT2D eigenvalue weighted by Gasteiger charge is 2.22. The molecule has 0 unspecified atom stereocenters. The first-order valence-corrected chi connectivity index (χ1v) is 15.9. The van der Waals surface area contributed by atoms with E-state index in [2.05, 4.69) is 41.8 Å². The standard InChI is InChI=1S/C28H34Cl2N8O4S/c1-36-6-8-38(9-7-36)28-31-15-24(16-32-28)42-27-11-19(10-25(35-27)20-12-21(29)14-22(30)13-20)18-37-4-2-23(3-5-37)34-26(39)17-33-43(40)41/h10-16,23,43H,2-9,17-18H2,1H3,(H,34,39)(H,33,40,41). The number of halogens is 2. The van der Waals surface area contributed by atoms with Gasteiger partial charge in [0.1, 0.15) is 0 Å². The molecule has 2 fully saturated rings. The Morgan fingerprint density at radius 3 is 2.30 bits per heavy atom. The van der Waals surface area contributed by atoms with Crippen LogP contribution in [0.1, 0.15) is 18.4 Å². The van der Waals surface area contributed by atoms with Crippen molar-refractivity contribution in [1.82, 2.24) is 34.8 Å². The molecule has 2 aliphatic heterocycles. The molecular formula is C28H34Cl2N8O4S. The summed E-state index contributed by atoms with van der Waals surface area (Å²) in [5.41, 5.74) is 2.41. The monoisotopic (exact) mass is 648 g/mol. The molecule has 0 bridgehead atoms. The van der Waals surface area contributed by atoms with Crippen LogP contribution < -0.4 is 19.7 Å². The van der Waals surface area contributed by atoms with Gasteiger partial charge in [0.25, 0.3) is 0 Å². The van der Waals surface area contributed by atoms with Gasteiger partial charge in [0.15, 0.2) is 5.75 Å². The Kier molecular flexibility index (Phi) is 10.6. The molecule has 12 nitrogen and oxygen atoms in total. The number of pyridine rings is 1. The van der Waals surface area contributed by atoms with Crippen molar-refractivity contribution in [2.75, 3.05) is 57.8 Å². The smallest absolute Gasteiger partial charge is 0.235 e. The minimum absolute atomic E-state index is 0.00982. The molecule has 0 saturated carbocycles. The largest absolute Gasteiger partial charge is 0.436 e. The van der Waals surface area contributed by atoms with Gasteiger partial charge in [-0.05, 0) is 49.7 Å². The second-order valence-electron chi connectivity index (χ2n) is 10.7. The van der Waals surface area contributed by atoms with E-state index in [-0.39, 0.29) is 18.5 Å². The van der Waals surface area contributed by atoms with Crippen molar-refractivity contribution in [2.24, 2.45) is 0 Å². The van der Waals surface area contributed by atoms with Crippen molar-refractivity contribution >= 4 is 45.9 Å². The highest BCUT2D eigenvalue weighted by molar-refractivity contribution is 7.70. The lowest BCUT2D eigenvalue weighted by Crippen LogP contribution is -2.46. The first-order chi connectivity index (χ1) is 20.7. The van der Waals surface area contributed by atoms with Crippen molar-refractivity contribution in [3.05, 3.63) is 58.3 Å². The molecule has 2 aliphatic rings. The second-order valence-corrected chi connectivity index (χ2v) is 12.4. The van der Waals surface area contributed by atoms with Crippen LogP contribution in [0, 0.1) is 0 Å². The summed E-state index contributed by atoms with van der Waals surface area (Å²) < 4.78 is 29.6. The van der Waals surface area contributed by atoms with Gasteiger partial charge in [-0.2, -0.15) is 0 Å². The van der Waals surface area contributed by atoms with E-state index in [0.717, 1.165) is 63.2 Å². The van der Waals surface area contributed by atoms with Gasteiger partial charge in [0.05, 0.1) is 24.6 Å². The van der Waals surface area contributed by atoms with Gasteiger partial charge in [-0.3, -0.25) is 9.69 Å². The Balaban J connectivity index is 1.28. The summed E-state index contributed by atoms with van der Waals surface area (Å²) in [6.45, 7) is 5.57. The third kappa shape index (κ3) is 9.21. The number of aromatic nitrogens is 3. The number of likely N-dealkylation sites (tertiary alicyclic amines) is 1. The van der Waals surface area contributed by atoms with Crippen LogP contribution in [-0.2, 0) is 22.2 Å². The summed E-state index contributed by atoms with van der Waals surface area (Å²) in [6.07, 6.45) is 4.82. The minimum atomic E-state index is -2.80. The molecular weight excluding hydrogens is 615 g/mol. The number of piperidine rings is 1. The Morgan fingerprint density at radius 1 is 0.977 bits per heavy atom. The average molecular weight is 650 g/mol. The Bertz CT molecular complexity index is 1470. The SMILES string of the molecule is CN1CCN(c2ncc(Oc3cc(CN4CCC(NC(=O)CN[SH](=O)=O)CC4)cc(-c4cc(Cl)cc(Cl)c4)n3)cn2)CC1. The molecule has 0 atom stereocenters. The number of carbonyl (C=O) groups is 1. The third-order valence-corrected chi connectivity index (χ3v) is 8.22. The topological polar surface area (TPSA) is 133 Å². The zero-order chi connectivity index (χ0) is 30.3. The number of benzene rings is 1. The maximum atomic E-state index is 12.0. The van der Waals surface area contributed by atoms with Crippen molar-refractivity contribution in [1.29, 1.82) is 0 Å². The molecule has 2 N–H and O–H groups in total. The van der Waals surface area contributed by atoms with E-state index in [9.17, 15) is 13.2 Å². The van der Waals surface area contributed by atoms with E-state index in [0.29, 0.717) is 39.9 Å². The van der Waals surface area contributed by atoms with Crippen LogP contribution >= 0.6 is 23.2 Å². The fourth-order valence-corrected chi connectivity index (χ4v) is 5.91. The number of hydrogen-bond acceptors (Lipinski definition) is 10. The van der Waals surface area contributed by atoms with Crippen molar-refractivity contribution in [3.8, 4) is 22.9 Å². The molecule has 3 aromatic rings. The number of nitrogens with one attached hydrogen (secondary N) is 2. The molecule has 0 spiro atoms. The molecule has 0 aliphatic carbocycles. The van der Waals surface area contributed by atoms with E-state index in [4.69, 9.17) is 32.9 Å². The third-order valence-electron chi connectivity index (χ3n) is 7.37. The van der Waals surface area contributed by atoms with Crippen molar-refractivity contribution in [2.45, 2.75) is 25.4 Å². The zero-order valence-corrected chi connectivity index (χ0v) is 26.1. The summed E-state index contributed by atoms with van der Waals surface area (Å²) in [4.78, 5) is 32.5. The number of hydrogen-bond donors (Lipinski definition) is 3. The van der Waals surface area contributed by atoms with Crippen LogP contribution in [0.25, 0.3) is 11.3 Å². The fourth-order valence-electron chi connectivity index (χ4n) is 5.11. The van der Waals surface area contributed by atoms with E-state index >= 15 is 0 Å². The number of nitrogens with zero attached hydrogens (tertiary/aromatic N) is 6. The molecule has 1 amide bonds. The summed E-state index contributed by atoms with van der Waals surface area (Å²) in [6, 6.07) is 9.17. The Hall–Kier alpha value is -3.07. The number of ether oxygens (including phenoxy) is 1. The first kappa shape index (κ1) is 31.4. The van der Waals surface area contributed by atoms with Gasteiger partial charge in [-0.25, -0.2) is 28.1 Å². The van der Waals surface area contributed by atoms with E-state index < -0.39 is 10.9 Å². The molecule has 2 saturated heterocycles. The van der Waals surface area contributed by atoms with Crippen LogP contribution in [-0.4, -0.2) is 98.0 Å². The van der Waals surface area contributed by atoms with Crippen LogP contribution in [0.2, 0.25) is 10.0 Å². The summed E-state index contributed by atoms with van der Waals surface area (Å²) in [5, 5.41) is 3.91. The number of thiol groups is 1. The molecule has 230 valence electrons. The summed E-state index contributed by atoms with van der Waals surface area (Å²) in [5.74, 6) is 1.21. The molecule has 4 heterocycles. The molecule has 15 heteroatoms. The van der Waals surface area contributed by atoms with E-state index in [1.165, 1.54) is 0 Å². The maximum absolute atomic E-state index is 12.0. The quantitative estimate of drug-likeness (QED) is 0.282. The minimum Gasteiger partial charge on any atom is -0.436 e. The maximum Gasteiger partial charge on any atom is 0.235 e.